The molecule has 0 fully saturated rings. The fourth-order valence-electron chi connectivity index (χ4n) is 3.46. The van der Waals surface area contributed by atoms with Gasteiger partial charge in [-0.05, 0) is 29.7 Å². The maximum atomic E-state index is 13.1. The van der Waals surface area contributed by atoms with Crippen LogP contribution in [0.25, 0.3) is 38.2 Å². The number of imidazole rings is 1. The maximum Gasteiger partial charge on any atom is 0.416 e. The van der Waals surface area contributed by atoms with E-state index in [1.54, 1.807) is 12.1 Å². The quantitative estimate of drug-likeness (QED) is 0.413. The van der Waals surface area contributed by atoms with Crippen molar-refractivity contribution in [2.45, 2.75) is 6.18 Å². The second kappa shape index (κ2) is 4.47. The van der Waals surface area contributed by atoms with Gasteiger partial charge >= 0.3 is 6.18 Å². The Labute approximate surface area is 138 Å². The molecule has 0 atom stereocenters. The molecule has 2 heterocycles. The zero-order chi connectivity index (χ0) is 17.3. The van der Waals surface area contributed by atoms with Crippen LogP contribution in [-0.2, 0) is 6.18 Å². The molecule has 3 nitrogen and oxygen atoms in total. The zero-order valence-electron chi connectivity index (χ0n) is 12.6. The minimum atomic E-state index is -4.48. The summed E-state index contributed by atoms with van der Waals surface area (Å²) in [5.41, 5.74) is -0.250. The number of fused-ring (bicyclic) bond motifs is 4. The van der Waals surface area contributed by atoms with Crippen LogP contribution >= 0.6 is 0 Å². The second-order valence-electron chi connectivity index (χ2n) is 5.99. The van der Waals surface area contributed by atoms with Crippen LogP contribution in [0.3, 0.4) is 0 Å². The van der Waals surface area contributed by atoms with Gasteiger partial charge < -0.3 is 0 Å². The van der Waals surface area contributed by atoms with Gasteiger partial charge in [0.2, 0.25) is 0 Å². The third-order valence-electron chi connectivity index (χ3n) is 4.56. The highest BCUT2D eigenvalue weighted by molar-refractivity contribution is 6.15. The number of nitrogens with zero attached hydrogens (tertiary/aromatic N) is 2. The molecule has 5 aromatic rings. The Balaban J connectivity index is 2.08. The van der Waals surface area contributed by atoms with Crippen LogP contribution < -0.4 is 5.56 Å². The Hall–Kier alpha value is -3.15. The van der Waals surface area contributed by atoms with Gasteiger partial charge in [-0.15, -0.1) is 0 Å². The van der Waals surface area contributed by atoms with E-state index in [1.165, 1.54) is 10.5 Å². The third-order valence-corrected chi connectivity index (χ3v) is 4.56. The number of pyridine rings is 1. The molecule has 0 bridgehead atoms. The summed E-state index contributed by atoms with van der Waals surface area (Å²) in [6, 6.07) is 14.2. The highest BCUT2D eigenvalue weighted by Crippen LogP contribution is 2.33. The first-order chi connectivity index (χ1) is 11.9. The Kier molecular flexibility index (Phi) is 2.54. The van der Waals surface area contributed by atoms with Gasteiger partial charge in [0.05, 0.1) is 16.6 Å². The predicted molar refractivity (Wildman–Crippen MR) is 90.2 cm³/mol. The van der Waals surface area contributed by atoms with Crippen molar-refractivity contribution in [1.82, 2.24) is 9.38 Å². The number of halogens is 3. The molecule has 0 aliphatic carbocycles. The van der Waals surface area contributed by atoms with Crippen LogP contribution in [0.5, 0.6) is 0 Å². The first-order valence-electron chi connectivity index (χ1n) is 7.62. The first-order valence-corrected chi connectivity index (χ1v) is 7.62. The van der Waals surface area contributed by atoms with Gasteiger partial charge in [-0.2, -0.15) is 13.2 Å². The van der Waals surface area contributed by atoms with Crippen LogP contribution in [0.15, 0.2) is 59.4 Å². The SMILES string of the molecule is O=c1c2cccc3cccc(c32)c2nc3ccc(C(F)(F)F)cc3n12. The molecule has 0 aliphatic rings. The standard InChI is InChI=1S/C19H9F3N2O/c20-19(21,22)11-7-8-14-15(9-11)24-17(23-14)12-5-1-3-10-4-2-6-13(16(10)12)18(24)25/h1-9H. The fraction of sp³-hybridized carbons (Fsp3) is 0.0526. The van der Waals surface area contributed by atoms with E-state index in [9.17, 15) is 18.0 Å². The Morgan fingerprint density at radius 2 is 1.64 bits per heavy atom. The van der Waals surface area contributed by atoms with Crippen LogP contribution in [0.2, 0.25) is 0 Å². The molecule has 122 valence electrons. The van der Waals surface area contributed by atoms with Gasteiger partial charge in [-0.3, -0.25) is 9.20 Å². The van der Waals surface area contributed by atoms with E-state index < -0.39 is 11.7 Å². The molecule has 6 heteroatoms. The van der Waals surface area contributed by atoms with Crippen LogP contribution in [0, 0.1) is 0 Å². The number of benzene rings is 3. The van der Waals surface area contributed by atoms with E-state index in [0.29, 0.717) is 16.6 Å². The summed E-state index contributed by atoms with van der Waals surface area (Å²) in [5, 5.41) is 2.90. The molecule has 0 saturated carbocycles. The Morgan fingerprint density at radius 1 is 0.920 bits per heavy atom. The molecule has 0 radical (unpaired) electrons. The van der Waals surface area contributed by atoms with Crippen molar-refractivity contribution < 1.29 is 13.2 Å². The summed E-state index contributed by atoms with van der Waals surface area (Å²) < 4.78 is 40.5. The minimum Gasteiger partial charge on any atom is -0.268 e. The molecule has 0 amide bonds. The summed E-state index contributed by atoms with van der Waals surface area (Å²) >= 11 is 0. The van der Waals surface area contributed by atoms with Crippen molar-refractivity contribution in [1.29, 1.82) is 0 Å². The number of alkyl halides is 3. The molecule has 0 N–H and O–H groups in total. The van der Waals surface area contributed by atoms with Gasteiger partial charge in [-0.1, -0.05) is 30.3 Å². The predicted octanol–water partition coefficient (Wildman–Crippen LogP) is 4.61. The highest BCUT2D eigenvalue weighted by atomic mass is 19.4. The lowest BCUT2D eigenvalue weighted by molar-refractivity contribution is -0.137. The van der Waals surface area contributed by atoms with Gasteiger partial charge in [0.15, 0.2) is 0 Å². The smallest absolute Gasteiger partial charge is 0.268 e. The normalized spacial score (nSPS) is 12.8. The summed E-state index contributed by atoms with van der Waals surface area (Å²) in [5.74, 6) is 0. The van der Waals surface area contributed by atoms with E-state index in [1.807, 2.05) is 24.3 Å². The van der Waals surface area contributed by atoms with Crippen molar-refractivity contribution in [3.05, 3.63) is 70.5 Å². The first kappa shape index (κ1) is 14.2. The molecule has 3 aromatic carbocycles. The van der Waals surface area contributed by atoms with Gasteiger partial charge in [0.1, 0.15) is 5.65 Å². The number of hydrogen-bond acceptors (Lipinski definition) is 2. The molecule has 0 spiro atoms. The topological polar surface area (TPSA) is 34.4 Å². The minimum absolute atomic E-state index is 0.168. The van der Waals surface area contributed by atoms with Gasteiger partial charge in [0, 0.05) is 16.2 Å². The average Bonchev–Trinajstić information content (AvgIpc) is 2.97. The van der Waals surface area contributed by atoms with Crippen molar-refractivity contribution in [2.24, 2.45) is 0 Å². The lowest BCUT2D eigenvalue weighted by atomic mass is 10.0. The largest absolute Gasteiger partial charge is 0.416 e. The summed E-state index contributed by atoms with van der Waals surface area (Å²) in [6.45, 7) is 0. The Morgan fingerprint density at radius 3 is 2.36 bits per heavy atom. The highest BCUT2D eigenvalue weighted by Gasteiger charge is 2.31. The summed E-state index contributed by atoms with van der Waals surface area (Å²) in [7, 11) is 0. The summed E-state index contributed by atoms with van der Waals surface area (Å²) in [6.07, 6.45) is -4.48. The van der Waals surface area contributed by atoms with Crippen molar-refractivity contribution >= 4 is 38.2 Å². The molecule has 0 saturated heterocycles. The van der Waals surface area contributed by atoms with E-state index in [2.05, 4.69) is 4.98 Å². The van der Waals surface area contributed by atoms with Crippen LogP contribution in [0.4, 0.5) is 13.2 Å². The van der Waals surface area contributed by atoms with E-state index in [0.717, 1.165) is 28.3 Å². The second-order valence-corrected chi connectivity index (χ2v) is 5.99. The number of aromatic nitrogens is 2. The lowest BCUT2D eigenvalue weighted by Gasteiger charge is -2.07. The molecule has 0 unspecified atom stereocenters. The molecular weight excluding hydrogens is 329 g/mol. The van der Waals surface area contributed by atoms with Crippen LogP contribution in [-0.4, -0.2) is 9.38 Å². The number of rotatable bonds is 0. The molecule has 5 rings (SSSR count). The van der Waals surface area contributed by atoms with Crippen LogP contribution in [0.1, 0.15) is 5.56 Å². The monoisotopic (exact) mass is 338 g/mol. The molecular formula is C19H9F3N2O. The molecule has 2 aromatic heterocycles. The third kappa shape index (κ3) is 1.82. The average molecular weight is 338 g/mol. The van der Waals surface area contributed by atoms with E-state index >= 15 is 0 Å². The maximum absolute atomic E-state index is 13.1. The Bertz CT molecular complexity index is 1350. The van der Waals surface area contributed by atoms with Crippen molar-refractivity contribution in [2.75, 3.05) is 0 Å². The van der Waals surface area contributed by atoms with Crippen molar-refractivity contribution in [3.8, 4) is 0 Å². The number of hydrogen-bond donors (Lipinski definition) is 0. The van der Waals surface area contributed by atoms with Crippen molar-refractivity contribution in [3.63, 3.8) is 0 Å². The lowest BCUT2D eigenvalue weighted by Crippen LogP contribution is -2.13. The molecule has 25 heavy (non-hydrogen) atoms. The fourth-order valence-corrected chi connectivity index (χ4v) is 3.46. The van der Waals surface area contributed by atoms with E-state index in [4.69, 9.17) is 0 Å². The molecule has 0 aliphatic heterocycles. The van der Waals surface area contributed by atoms with E-state index in [-0.39, 0.29) is 11.1 Å². The van der Waals surface area contributed by atoms with Gasteiger partial charge in [0.25, 0.3) is 5.56 Å². The zero-order valence-corrected chi connectivity index (χ0v) is 12.6. The summed E-state index contributed by atoms with van der Waals surface area (Å²) in [4.78, 5) is 17.4. The van der Waals surface area contributed by atoms with Gasteiger partial charge in [-0.25, -0.2) is 4.98 Å².